The Labute approximate surface area is 90.4 Å². The average molecular weight is 203 g/mol. The Morgan fingerprint density at radius 3 is 2.80 bits per heavy atom. The Morgan fingerprint density at radius 2 is 2.13 bits per heavy atom. The first-order valence-electron chi connectivity index (χ1n) is 5.64. The first kappa shape index (κ1) is 9.34. The maximum atomic E-state index is 10.2. The quantitative estimate of drug-likeness (QED) is 0.700. The standard InChI is InChI=1S/C13H17NO/c1-12(2,3)10-5-4-8-6-9-7-13(9,15)11(8)14-10/h4-5,9,15H,6-7H2,1-3H3. The third kappa shape index (κ3) is 1.18. The van der Waals surface area contributed by atoms with Gasteiger partial charge in [-0.15, -0.1) is 0 Å². The van der Waals surface area contributed by atoms with Gasteiger partial charge in [-0.3, -0.25) is 4.98 Å². The lowest BCUT2D eigenvalue weighted by molar-refractivity contribution is 0.135. The van der Waals surface area contributed by atoms with Crippen molar-refractivity contribution in [2.75, 3.05) is 0 Å². The summed E-state index contributed by atoms with van der Waals surface area (Å²) >= 11 is 0. The first-order chi connectivity index (χ1) is 6.91. The second-order valence-electron chi connectivity index (χ2n) is 5.98. The van der Waals surface area contributed by atoms with Crippen molar-refractivity contribution >= 4 is 0 Å². The fourth-order valence-corrected chi connectivity index (χ4v) is 2.56. The van der Waals surface area contributed by atoms with Gasteiger partial charge in [-0.2, -0.15) is 0 Å². The van der Waals surface area contributed by atoms with Gasteiger partial charge in [0.2, 0.25) is 0 Å². The van der Waals surface area contributed by atoms with Crippen LogP contribution in [0.3, 0.4) is 0 Å². The van der Waals surface area contributed by atoms with Gasteiger partial charge in [-0.1, -0.05) is 26.8 Å². The number of aromatic nitrogens is 1. The van der Waals surface area contributed by atoms with E-state index in [0.717, 1.165) is 24.2 Å². The Morgan fingerprint density at radius 1 is 1.40 bits per heavy atom. The summed E-state index contributed by atoms with van der Waals surface area (Å²) in [5.74, 6) is 0.454. The van der Waals surface area contributed by atoms with Gasteiger partial charge >= 0.3 is 0 Å². The van der Waals surface area contributed by atoms with E-state index < -0.39 is 5.60 Å². The fourth-order valence-electron chi connectivity index (χ4n) is 2.56. The molecule has 3 rings (SSSR count). The Bertz CT molecular complexity index is 433. The molecule has 0 bridgehead atoms. The van der Waals surface area contributed by atoms with Crippen LogP contribution >= 0.6 is 0 Å². The molecule has 2 unspecified atom stereocenters. The molecule has 80 valence electrons. The zero-order chi connectivity index (χ0) is 10.8. The van der Waals surface area contributed by atoms with Crippen molar-refractivity contribution in [3.8, 4) is 0 Å². The molecule has 15 heavy (non-hydrogen) atoms. The molecule has 1 saturated carbocycles. The number of nitrogens with zero attached hydrogens (tertiary/aromatic N) is 1. The van der Waals surface area contributed by atoms with Crippen molar-refractivity contribution < 1.29 is 5.11 Å². The van der Waals surface area contributed by atoms with Crippen LogP contribution in [0.25, 0.3) is 0 Å². The lowest BCUT2D eigenvalue weighted by Crippen LogP contribution is -2.17. The molecule has 0 radical (unpaired) electrons. The fraction of sp³-hybridized carbons (Fsp3) is 0.615. The van der Waals surface area contributed by atoms with Crippen LogP contribution in [0, 0.1) is 5.92 Å². The van der Waals surface area contributed by atoms with Gasteiger partial charge in [0.05, 0.1) is 5.69 Å². The topological polar surface area (TPSA) is 33.1 Å². The molecule has 2 aliphatic carbocycles. The van der Waals surface area contributed by atoms with Crippen LogP contribution in [-0.2, 0) is 17.4 Å². The minimum atomic E-state index is -0.559. The van der Waals surface area contributed by atoms with E-state index in [4.69, 9.17) is 0 Å². The summed E-state index contributed by atoms with van der Waals surface area (Å²) in [5.41, 5.74) is 2.80. The van der Waals surface area contributed by atoms with Gasteiger partial charge in [0.25, 0.3) is 0 Å². The third-order valence-corrected chi connectivity index (χ3v) is 3.70. The minimum absolute atomic E-state index is 0.0678. The van der Waals surface area contributed by atoms with Gasteiger partial charge in [0.1, 0.15) is 5.60 Å². The summed E-state index contributed by atoms with van der Waals surface area (Å²) in [6, 6.07) is 4.25. The molecule has 0 spiro atoms. The normalized spacial score (nSPS) is 32.4. The number of rotatable bonds is 0. The summed E-state index contributed by atoms with van der Waals surface area (Å²) in [6.07, 6.45) is 1.93. The average Bonchev–Trinajstić information content (AvgIpc) is 2.69. The van der Waals surface area contributed by atoms with Crippen molar-refractivity contribution in [1.29, 1.82) is 0 Å². The monoisotopic (exact) mass is 203 g/mol. The number of fused-ring (bicyclic) bond motifs is 3. The minimum Gasteiger partial charge on any atom is -0.383 e. The predicted octanol–water partition coefficient (Wildman–Crippen LogP) is 2.14. The molecule has 1 N–H and O–H groups in total. The number of hydrogen-bond donors (Lipinski definition) is 1. The van der Waals surface area contributed by atoms with Crippen molar-refractivity contribution in [3.05, 3.63) is 29.1 Å². The molecule has 1 aromatic heterocycles. The summed E-state index contributed by atoms with van der Waals surface area (Å²) in [5, 5.41) is 10.2. The van der Waals surface area contributed by atoms with E-state index in [1.165, 1.54) is 5.56 Å². The largest absolute Gasteiger partial charge is 0.383 e. The first-order valence-corrected chi connectivity index (χ1v) is 5.64. The van der Waals surface area contributed by atoms with Crippen molar-refractivity contribution in [1.82, 2.24) is 4.98 Å². The zero-order valence-corrected chi connectivity index (χ0v) is 9.54. The second-order valence-corrected chi connectivity index (χ2v) is 5.98. The predicted molar refractivity (Wildman–Crippen MR) is 58.6 cm³/mol. The highest BCUT2D eigenvalue weighted by Gasteiger charge is 2.60. The Hall–Kier alpha value is -0.890. The van der Waals surface area contributed by atoms with E-state index in [1.807, 2.05) is 0 Å². The van der Waals surface area contributed by atoms with Gasteiger partial charge < -0.3 is 5.11 Å². The number of aliphatic hydroxyl groups is 1. The highest BCUT2D eigenvalue weighted by Crippen LogP contribution is 2.59. The summed E-state index contributed by atoms with van der Waals surface area (Å²) in [7, 11) is 0. The van der Waals surface area contributed by atoms with E-state index in [1.54, 1.807) is 0 Å². The van der Waals surface area contributed by atoms with Crippen LogP contribution in [0.5, 0.6) is 0 Å². The van der Waals surface area contributed by atoms with Gasteiger partial charge in [-0.05, 0) is 24.5 Å². The molecule has 0 aromatic carbocycles. The van der Waals surface area contributed by atoms with Gasteiger partial charge in [0, 0.05) is 17.0 Å². The van der Waals surface area contributed by atoms with E-state index in [9.17, 15) is 5.11 Å². The van der Waals surface area contributed by atoms with Crippen molar-refractivity contribution in [2.45, 2.75) is 44.6 Å². The van der Waals surface area contributed by atoms with Crippen LogP contribution in [0.1, 0.15) is 44.1 Å². The highest BCUT2D eigenvalue weighted by atomic mass is 16.3. The molecule has 2 nitrogen and oxygen atoms in total. The molecule has 0 amide bonds. The molecule has 1 heterocycles. The van der Waals surface area contributed by atoms with Gasteiger partial charge in [-0.25, -0.2) is 0 Å². The molecular formula is C13H17NO. The zero-order valence-electron chi connectivity index (χ0n) is 9.54. The summed E-state index contributed by atoms with van der Waals surface area (Å²) in [6.45, 7) is 6.47. The van der Waals surface area contributed by atoms with Crippen LogP contribution in [0.15, 0.2) is 12.1 Å². The molecule has 1 fully saturated rings. The van der Waals surface area contributed by atoms with Crippen molar-refractivity contribution in [3.63, 3.8) is 0 Å². The van der Waals surface area contributed by atoms with Gasteiger partial charge in [0.15, 0.2) is 0 Å². The maximum Gasteiger partial charge on any atom is 0.110 e. The molecule has 0 aliphatic heterocycles. The van der Waals surface area contributed by atoms with Crippen LogP contribution in [0.2, 0.25) is 0 Å². The smallest absolute Gasteiger partial charge is 0.110 e. The molecule has 2 atom stereocenters. The van der Waals surface area contributed by atoms with Crippen molar-refractivity contribution in [2.24, 2.45) is 5.92 Å². The maximum absolute atomic E-state index is 10.2. The van der Waals surface area contributed by atoms with E-state index >= 15 is 0 Å². The second kappa shape index (κ2) is 2.43. The summed E-state index contributed by atoms with van der Waals surface area (Å²) < 4.78 is 0. The number of hydrogen-bond acceptors (Lipinski definition) is 2. The number of pyridine rings is 1. The third-order valence-electron chi connectivity index (χ3n) is 3.70. The molecule has 2 aliphatic rings. The highest BCUT2D eigenvalue weighted by molar-refractivity contribution is 5.41. The van der Waals surface area contributed by atoms with Crippen LogP contribution in [-0.4, -0.2) is 10.1 Å². The van der Waals surface area contributed by atoms with Crippen LogP contribution < -0.4 is 0 Å². The van der Waals surface area contributed by atoms with E-state index in [2.05, 4.69) is 37.9 Å². The lowest BCUT2D eigenvalue weighted by atomic mass is 9.91. The SMILES string of the molecule is CC(C)(C)c1ccc2c(n1)C1(O)CC1C2. The Balaban J connectivity index is 2.11. The van der Waals surface area contributed by atoms with E-state index in [0.29, 0.717) is 5.92 Å². The van der Waals surface area contributed by atoms with E-state index in [-0.39, 0.29) is 5.41 Å². The molecular weight excluding hydrogens is 186 g/mol. The molecule has 2 heteroatoms. The van der Waals surface area contributed by atoms with Crippen LogP contribution in [0.4, 0.5) is 0 Å². The Kier molecular flexibility index (Phi) is 1.52. The summed E-state index contributed by atoms with van der Waals surface area (Å²) in [4.78, 5) is 4.67. The molecule has 0 saturated heterocycles. The molecule has 1 aromatic rings. The lowest BCUT2D eigenvalue weighted by Gasteiger charge is -2.20.